The number of alkyl halides is 3. The fourth-order valence-corrected chi connectivity index (χ4v) is 2.68. The minimum absolute atomic E-state index is 0.274. The highest BCUT2D eigenvalue weighted by atomic mass is 19.4. The van der Waals surface area contributed by atoms with Crippen LogP contribution in [0.2, 0.25) is 0 Å². The van der Waals surface area contributed by atoms with Crippen molar-refractivity contribution in [2.24, 2.45) is 11.8 Å². The highest BCUT2D eigenvalue weighted by Gasteiger charge is 2.44. The molecule has 1 fully saturated rings. The van der Waals surface area contributed by atoms with Crippen LogP contribution in [-0.2, 0) is 6.54 Å². The largest absolute Gasteiger partial charge is 0.468 e. The zero-order valence-electron chi connectivity index (χ0n) is 10.2. The first-order valence-electron chi connectivity index (χ1n) is 6.37. The molecule has 0 bridgehead atoms. The summed E-state index contributed by atoms with van der Waals surface area (Å²) in [6.07, 6.45) is 0.0397. The Morgan fingerprint density at radius 1 is 1.28 bits per heavy atom. The summed E-state index contributed by atoms with van der Waals surface area (Å²) in [5.41, 5.74) is 0. The number of rotatable bonds is 4. The molecule has 18 heavy (non-hydrogen) atoms. The minimum atomic E-state index is -4.06. The van der Waals surface area contributed by atoms with Crippen LogP contribution in [0.3, 0.4) is 0 Å². The van der Waals surface area contributed by atoms with Gasteiger partial charge >= 0.3 is 6.18 Å². The molecule has 1 saturated carbocycles. The lowest BCUT2D eigenvalue weighted by atomic mass is 9.79. The van der Waals surface area contributed by atoms with E-state index in [1.807, 2.05) is 6.07 Å². The second-order valence-electron chi connectivity index (χ2n) is 4.90. The van der Waals surface area contributed by atoms with E-state index in [0.717, 1.165) is 12.2 Å². The summed E-state index contributed by atoms with van der Waals surface area (Å²) in [4.78, 5) is 0. The Labute approximate surface area is 105 Å². The normalized spacial score (nSPS) is 25.3. The summed E-state index contributed by atoms with van der Waals surface area (Å²) in [5.74, 6) is -0.682. The van der Waals surface area contributed by atoms with E-state index in [-0.39, 0.29) is 12.3 Å². The highest BCUT2D eigenvalue weighted by Crippen LogP contribution is 2.41. The first-order valence-corrected chi connectivity index (χ1v) is 6.37. The molecule has 0 aromatic carbocycles. The van der Waals surface area contributed by atoms with Gasteiger partial charge in [0.15, 0.2) is 0 Å². The van der Waals surface area contributed by atoms with Crippen molar-refractivity contribution in [3.05, 3.63) is 24.2 Å². The van der Waals surface area contributed by atoms with Crippen LogP contribution < -0.4 is 5.32 Å². The van der Waals surface area contributed by atoms with E-state index < -0.39 is 12.1 Å². The molecule has 1 heterocycles. The quantitative estimate of drug-likeness (QED) is 0.893. The highest BCUT2D eigenvalue weighted by molar-refractivity contribution is 4.97. The van der Waals surface area contributed by atoms with Gasteiger partial charge in [0.2, 0.25) is 0 Å². The fraction of sp³-hybridized carbons (Fsp3) is 0.692. The molecule has 0 amide bonds. The summed E-state index contributed by atoms with van der Waals surface area (Å²) in [7, 11) is 0. The van der Waals surface area contributed by atoms with Crippen LogP contribution in [0, 0.1) is 11.8 Å². The van der Waals surface area contributed by atoms with Gasteiger partial charge in [0.25, 0.3) is 0 Å². The van der Waals surface area contributed by atoms with E-state index >= 15 is 0 Å². The van der Waals surface area contributed by atoms with Crippen molar-refractivity contribution in [2.75, 3.05) is 6.54 Å². The number of nitrogens with one attached hydrogen (secondary N) is 1. The molecule has 0 aliphatic heterocycles. The monoisotopic (exact) mass is 261 g/mol. The van der Waals surface area contributed by atoms with Gasteiger partial charge in [-0.2, -0.15) is 13.2 Å². The van der Waals surface area contributed by atoms with Gasteiger partial charge in [-0.25, -0.2) is 0 Å². The van der Waals surface area contributed by atoms with Crippen LogP contribution >= 0.6 is 0 Å². The first kappa shape index (κ1) is 13.5. The first-order chi connectivity index (χ1) is 8.57. The van der Waals surface area contributed by atoms with E-state index in [0.29, 0.717) is 25.9 Å². The molecule has 0 saturated heterocycles. The van der Waals surface area contributed by atoms with Crippen LogP contribution in [0.1, 0.15) is 31.4 Å². The zero-order chi connectivity index (χ0) is 13.0. The van der Waals surface area contributed by atoms with Gasteiger partial charge in [0, 0.05) is 0 Å². The van der Waals surface area contributed by atoms with Gasteiger partial charge in [-0.1, -0.05) is 12.8 Å². The Kier molecular flexibility index (Phi) is 4.32. The number of halogens is 3. The topological polar surface area (TPSA) is 25.2 Å². The fourth-order valence-electron chi connectivity index (χ4n) is 2.68. The van der Waals surface area contributed by atoms with Gasteiger partial charge in [-0.05, 0) is 37.4 Å². The Bertz CT molecular complexity index is 348. The maximum atomic E-state index is 12.8. The van der Waals surface area contributed by atoms with Crippen molar-refractivity contribution >= 4 is 0 Å². The van der Waals surface area contributed by atoms with Crippen molar-refractivity contribution in [1.29, 1.82) is 0 Å². The van der Waals surface area contributed by atoms with Crippen molar-refractivity contribution in [1.82, 2.24) is 5.32 Å². The average molecular weight is 261 g/mol. The smallest absolute Gasteiger partial charge is 0.392 e. The van der Waals surface area contributed by atoms with E-state index in [4.69, 9.17) is 4.42 Å². The lowest BCUT2D eigenvalue weighted by molar-refractivity contribution is -0.195. The lowest BCUT2D eigenvalue weighted by Gasteiger charge is -2.33. The third-order valence-electron chi connectivity index (χ3n) is 3.62. The summed E-state index contributed by atoms with van der Waals surface area (Å²) in [6, 6.07) is 3.59. The Hall–Kier alpha value is -0.970. The van der Waals surface area contributed by atoms with Gasteiger partial charge in [0.05, 0.1) is 18.7 Å². The van der Waals surface area contributed by atoms with Crippen molar-refractivity contribution in [3.8, 4) is 0 Å². The van der Waals surface area contributed by atoms with Gasteiger partial charge in [0.1, 0.15) is 5.76 Å². The minimum Gasteiger partial charge on any atom is -0.468 e. The third kappa shape index (κ3) is 3.51. The summed E-state index contributed by atoms with van der Waals surface area (Å²) < 4.78 is 43.7. The third-order valence-corrected chi connectivity index (χ3v) is 3.62. The molecule has 1 aromatic heterocycles. The molecule has 2 unspecified atom stereocenters. The molecule has 2 rings (SSSR count). The standard InChI is InChI=1S/C13H18F3NO/c14-13(15,16)12-6-2-1-4-10(12)8-17-9-11-5-3-7-18-11/h3,5,7,10,12,17H,1-2,4,6,8-9H2. The molecule has 5 heteroatoms. The molecule has 1 aliphatic carbocycles. The molecule has 1 aromatic rings. The van der Waals surface area contributed by atoms with E-state index in [1.54, 1.807) is 12.3 Å². The Morgan fingerprint density at radius 3 is 2.72 bits per heavy atom. The van der Waals surface area contributed by atoms with Crippen LogP contribution in [-0.4, -0.2) is 12.7 Å². The number of hydrogen-bond acceptors (Lipinski definition) is 2. The van der Waals surface area contributed by atoms with E-state index in [9.17, 15) is 13.2 Å². The molecule has 0 spiro atoms. The molecule has 2 atom stereocenters. The summed E-state index contributed by atoms with van der Waals surface area (Å²) in [5, 5.41) is 3.07. The molecular weight excluding hydrogens is 243 g/mol. The second-order valence-corrected chi connectivity index (χ2v) is 4.90. The Morgan fingerprint density at radius 2 is 2.06 bits per heavy atom. The summed E-state index contributed by atoms with van der Waals surface area (Å²) >= 11 is 0. The predicted octanol–water partition coefficient (Wildman–Crippen LogP) is 3.74. The lowest BCUT2D eigenvalue weighted by Crippen LogP contribution is -2.38. The van der Waals surface area contributed by atoms with Crippen LogP contribution in [0.15, 0.2) is 22.8 Å². The van der Waals surface area contributed by atoms with Crippen LogP contribution in [0.5, 0.6) is 0 Å². The SMILES string of the molecule is FC(F)(F)C1CCCCC1CNCc1ccco1. The second kappa shape index (κ2) is 5.78. The zero-order valence-corrected chi connectivity index (χ0v) is 10.2. The van der Waals surface area contributed by atoms with Crippen molar-refractivity contribution in [2.45, 2.75) is 38.4 Å². The molecule has 1 aliphatic rings. The predicted molar refractivity (Wildman–Crippen MR) is 61.9 cm³/mol. The van der Waals surface area contributed by atoms with Gasteiger partial charge < -0.3 is 9.73 Å². The van der Waals surface area contributed by atoms with E-state index in [1.165, 1.54) is 0 Å². The van der Waals surface area contributed by atoms with Crippen LogP contribution in [0.4, 0.5) is 13.2 Å². The maximum Gasteiger partial charge on any atom is 0.392 e. The molecule has 1 N–H and O–H groups in total. The van der Waals surface area contributed by atoms with Crippen molar-refractivity contribution in [3.63, 3.8) is 0 Å². The molecular formula is C13H18F3NO. The molecule has 0 radical (unpaired) electrons. The van der Waals surface area contributed by atoms with Gasteiger partial charge in [-0.3, -0.25) is 0 Å². The average Bonchev–Trinajstić information content (AvgIpc) is 2.81. The number of hydrogen-bond donors (Lipinski definition) is 1. The Balaban J connectivity index is 1.82. The molecule has 102 valence electrons. The molecule has 2 nitrogen and oxygen atoms in total. The number of furan rings is 1. The van der Waals surface area contributed by atoms with Crippen molar-refractivity contribution < 1.29 is 17.6 Å². The maximum absolute atomic E-state index is 12.8. The summed E-state index contributed by atoms with van der Waals surface area (Å²) in [6.45, 7) is 0.902. The van der Waals surface area contributed by atoms with Crippen LogP contribution in [0.25, 0.3) is 0 Å². The van der Waals surface area contributed by atoms with E-state index in [2.05, 4.69) is 5.32 Å². The van der Waals surface area contributed by atoms with Gasteiger partial charge in [-0.15, -0.1) is 0 Å².